The van der Waals surface area contributed by atoms with Gasteiger partial charge in [0.1, 0.15) is 19.0 Å². The quantitative estimate of drug-likeness (QED) is 0.469. The molecular formula is C27H25NO5. The predicted molar refractivity (Wildman–Crippen MR) is 127 cm³/mol. The molecule has 0 aliphatic carbocycles. The van der Waals surface area contributed by atoms with E-state index in [4.69, 9.17) is 14.2 Å². The Kier molecular flexibility index (Phi) is 7.05. The number of ketones is 1. The van der Waals surface area contributed by atoms with Crippen LogP contribution >= 0.6 is 0 Å². The number of fused-ring (bicyclic) bond motifs is 1. The molecule has 6 heteroatoms. The topological polar surface area (TPSA) is 65.1 Å². The monoisotopic (exact) mass is 443 g/mol. The average Bonchev–Trinajstić information content (AvgIpc) is 2.86. The largest absolute Gasteiger partial charge is 0.486 e. The fraction of sp³-hybridized carbons (Fsp3) is 0.185. The second-order valence-corrected chi connectivity index (χ2v) is 7.51. The molecule has 4 rings (SSSR count). The van der Waals surface area contributed by atoms with Crippen LogP contribution in [0.2, 0.25) is 0 Å². The Hall–Kier alpha value is -4.06. The highest BCUT2D eigenvalue weighted by Crippen LogP contribution is 2.34. The molecule has 0 spiro atoms. The van der Waals surface area contributed by atoms with Gasteiger partial charge in [-0.2, -0.15) is 0 Å². The van der Waals surface area contributed by atoms with E-state index in [1.807, 2.05) is 60.7 Å². The molecule has 1 heterocycles. The fourth-order valence-electron chi connectivity index (χ4n) is 3.42. The van der Waals surface area contributed by atoms with Gasteiger partial charge in [-0.05, 0) is 48.9 Å². The van der Waals surface area contributed by atoms with Gasteiger partial charge in [-0.25, -0.2) is 0 Å². The first-order chi connectivity index (χ1) is 16.1. The first kappa shape index (κ1) is 22.1. The lowest BCUT2D eigenvalue weighted by Gasteiger charge is -2.24. The molecule has 0 N–H and O–H groups in total. The second kappa shape index (κ2) is 10.5. The van der Waals surface area contributed by atoms with E-state index in [2.05, 4.69) is 0 Å². The SMILES string of the molecule is CC(=O)c1ccc(OCC(=O)N(C/C=C/c2ccccc2)c2ccc3c(c2)OCCO3)cc1. The summed E-state index contributed by atoms with van der Waals surface area (Å²) in [5, 5.41) is 0. The van der Waals surface area contributed by atoms with E-state index in [-0.39, 0.29) is 18.3 Å². The second-order valence-electron chi connectivity index (χ2n) is 7.51. The molecule has 0 saturated carbocycles. The molecule has 1 aliphatic rings. The summed E-state index contributed by atoms with van der Waals surface area (Å²) >= 11 is 0. The van der Waals surface area contributed by atoms with Gasteiger partial charge in [0.05, 0.1) is 0 Å². The normalized spacial score (nSPS) is 12.4. The summed E-state index contributed by atoms with van der Waals surface area (Å²) < 4.78 is 17.0. The Morgan fingerprint density at radius 2 is 1.67 bits per heavy atom. The van der Waals surface area contributed by atoms with Crippen LogP contribution in [0.3, 0.4) is 0 Å². The summed E-state index contributed by atoms with van der Waals surface area (Å²) in [4.78, 5) is 26.2. The van der Waals surface area contributed by atoms with Crippen molar-refractivity contribution >= 4 is 23.5 Å². The molecule has 6 nitrogen and oxygen atoms in total. The fourth-order valence-corrected chi connectivity index (χ4v) is 3.42. The van der Waals surface area contributed by atoms with Crippen LogP contribution in [0.1, 0.15) is 22.8 Å². The van der Waals surface area contributed by atoms with Gasteiger partial charge in [-0.15, -0.1) is 0 Å². The number of hydrogen-bond acceptors (Lipinski definition) is 5. The first-order valence-electron chi connectivity index (χ1n) is 10.8. The minimum atomic E-state index is -0.208. The maximum Gasteiger partial charge on any atom is 0.265 e. The van der Waals surface area contributed by atoms with Gasteiger partial charge in [-0.3, -0.25) is 9.59 Å². The zero-order valence-electron chi connectivity index (χ0n) is 18.4. The molecule has 0 aromatic heterocycles. The lowest BCUT2D eigenvalue weighted by Crippen LogP contribution is -2.35. The maximum absolute atomic E-state index is 13.1. The summed E-state index contributed by atoms with van der Waals surface area (Å²) in [5.41, 5.74) is 2.34. The molecule has 1 amide bonds. The number of anilines is 1. The number of nitrogens with zero attached hydrogens (tertiary/aromatic N) is 1. The van der Waals surface area contributed by atoms with E-state index in [9.17, 15) is 9.59 Å². The molecule has 0 bridgehead atoms. The Morgan fingerprint density at radius 3 is 2.39 bits per heavy atom. The minimum absolute atomic E-state index is 0.0207. The van der Waals surface area contributed by atoms with Crippen LogP contribution in [0.25, 0.3) is 6.08 Å². The van der Waals surface area contributed by atoms with E-state index in [1.54, 1.807) is 29.2 Å². The van der Waals surface area contributed by atoms with Crippen molar-refractivity contribution in [3.05, 3.63) is 90.0 Å². The van der Waals surface area contributed by atoms with Crippen LogP contribution in [-0.4, -0.2) is 38.1 Å². The summed E-state index contributed by atoms with van der Waals surface area (Å²) in [7, 11) is 0. The highest BCUT2D eigenvalue weighted by atomic mass is 16.6. The molecule has 168 valence electrons. The molecule has 1 aliphatic heterocycles. The third-order valence-corrected chi connectivity index (χ3v) is 5.16. The van der Waals surface area contributed by atoms with Crippen LogP contribution in [0.15, 0.2) is 78.9 Å². The average molecular weight is 443 g/mol. The number of carbonyl (C=O) groups is 2. The lowest BCUT2D eigenvalue weighted by atomic mass is 10.1. The maximum atomic E-state index is 13.1. The molecule has 0 atom stereocenters. The first-order valence-corrected chi connectivity index (χ1v) is 10.8. The van der Waals surface area contributed by atoms with E-state index >= 15 is 0 Å². The smallest absolute Gasteiger partial charge is 0.265 e. The number of Topliss-reactive ketones (excluding diaryl/α,β-unsaturated/α-hetero) is 1. The molecule has 3 aromatic rings. The minimum Gasteiger partial charge on any atom is -0.486 e. The van der Waals surface area contributed by atoms with E-state index in [0.29, 0.717) is 48.3 Å². The van der Waals surface area contributed by atoms with Crippen molar-refractivity contribution in [1.29, 1.82) is 0 Å². The Bertz CT molecular complexity index is 1140. The van der Waals surface area contributed by atoms with Gasteiger partial charge in [0.25, 0.3) is 5.91 Å². The molecule has 0 saturated heterocycles. The molecular weight excluding hydrogens is 418 g/mol. The van der Waals surface area contributed by atoms with Gasteiger partial charge in [0.15, 0.2) is 23.9 Å². The van der Waals surface area contributed by atoms with Crippen LogP contribution in [0.4, 0.5) is 5.69 Å². The molecule has 0 unspecified atom stereocenters. The van der Waals surface area contributed by atoms with Crippen molar-refractivity contribution in [2.24, 2.45) is 0 Å². The summed E-state index contributed by atoms with van der Waals surface area (Å²) in [6.07, 6.45) is 3.91. The molecule has 0 radical (unpaired) electrons. The van der Waals surface area contributed by atoms with E-state index < -0.39 is 0 Å². The van der Waals surface area contributed by atoms with Gasteiger partial charge in [-0.1, -0.05) is 42.5 Å². The molecule has 33 heavy (non-hydrogen) atoms. The Balaban J connectivity index is 1.50. The molecule has 3 aromatic carbocycles. The number of rotatable bonds is 8. The zero-order chi connectivity index (χ0) is 23.0. The van der Waals surface area contributed by atoms with Gasteiger partial charge in [0, 0.05) is 23.9 Å². The Morgan fingerprint density at radius 1 is 0.939 bits per heavy atom. The van der Waals surface area contributed by atoms with Crippen LogP contribution in [0.5, 0.6) is 17.2 Å². The van der Waals surface area contributed by atoms with Crippen molar-refractivity contribution in [3.8, 4) is 17.2 Å². The van der Waals surface area contributed by atoms with Gasteiger partial charge < -0.3 is 19.1 Å². The van der Waals surface area contributed by atoms with Crippen LogP contribution in [-0.2, 0) is 4.79 Å². The number of benzene rings is 3. The number of carbonyl (C=O) groups excluding carboxylic acids is 2. The van der Waals surface area contributed by atoms with Crippen molar-refractivity contribution < 1.29 is 23.8 Å². The lowest BCUT2D eigenvalue weighted by molar-refractivity contribution is -0.120. The van der Waals surface area contributed by atoms with E-state index in [1.165, 1.54) is 6.92 Å². The van der Waals surface area contributed by atoms with Crippen molar-refractivity contribution in [2.45, 2.75) is 6.92 Å². The van der Waals surface area contributed by atoms with Crippen LogP contribution < -0.4 is 19.1 Å². The zero-order valence-corrected chi connectivity index (χ0v) is 18.4. The number of ether oxygens (including phenoxy) is 3. The van der Waals surface area contributed by atoms with Crippen molar-refractivity contribution in [2.75, 3.05) is 31.3 Å². The van der Waals surface area contributed by atoms with E-state index in [0.717, 1.165) is 5.56 Å². The van der Waals surface area contributed by atoms with Gasteiger partial charge in [0.2, 0.25) is 0 Å². The molecule has 0 fully saturated rings. The van der Waals surface area contributed by atoms with Crippen molar-refractivity contribution in [1.82, 2.24) is 0 Å². The van der Waals surface area contributed by atoms with Crippen molar-refractivity contribution in [3.63, 3.8) is 0 Å². The standard InChI is InChI=1S/C27H25NO5/c1-20(29)22-9-12-24(13-10-22)33-19-27(30)28(15-5-8-21-6-3-2-4-7-21)23-11-14-25-26(18-23)32-17-16-31-25/h2-14,18H,15-17,19H2,1H3/b8-5+. The third kappa shape index (κ3) is 5.80. The summed E-state index contributed by atoms with van der Waals surface area (Å²) in [5.74, 6) is 1.58. The van der Waals surface area contributed by atoms with Gasteiger partial charge >= 0.3 is 0 Å². The predicted octanol–water partition coefficient (Wildman–Crippen LogP) is 4.79. The van der Waals surface area contributed by atoms with Crippen LogP contribution in [0, 0.1) is 0 Å². The number of hydrogen-bond donors (Lipinski definition) is 0. The highest BCUT2D eigenvalue weighted by Gasteiger charge is 2.19. The third-order valence-electron chi connectivity index (χ3n) is 5.16. The number of amides is 1. The highest BCUT2D eigenvalue weighted by molar-refractivity contribution is 5.95. The Labute approximate surface area is 193 Å². The summed E-state index contributed by atoms with van der Waals surface area (Å²) in [6, 6.07) is 22.1. The summed E-state index contributed by atoms with van der Waals surface area (Å²) in [6.45, 7) is 2.70.